The fourth-order valence-electron chi connectivity index (χ4n) is 1.23. The molecule has 0 fully saturated rings. The topological polar surface area (TPSA) is 37.0 Å². The molecule has 1 atom stereocenters. The van der Waals surface area contributed by atoms with Crippen LogP contribution in [0.2, 0.25) is 0 Å². The van der Waals surface area contributed by atoms with E-state index in [2.05, 4.69) is 23.3 Å². The van der Waals surface area contributed by atoms with Crippen molar-refractivity contribution in [2.75, 3.05) is 13.2 Å². The normalized spacial score (nSPS) is 13.1. The maximum absolute atomic E-state index is 5.39. The van der Waals surface area contributed by atoms with Crippen molar-refractivity contribution in [3.05, 3.63) is 24.0 Å². The highest BCUT2D eigenvalue weighted by Gasteiger charge is 1.99. The van der Waals surface area contributed by atoms with E-state index >= 15 is 0 Å². The molecule has 2 N–H and O–H groups in total. The van der Waals surface area contributed by atoms with Gasteiger partial charge in [-0.05, 0) is 26.0 Å². The second kappa shape index (κ2) is 5.78. The summed E-state index contributed by atoms with van der Waals surface area (Å²) in [5, 5.41) is 3.32. The highest BCUT2D eigenvalue weighted by molar-refractivity contribution is 5.02. The van der Waals surface area contributed by atoms with Crippen molar-refractivity contribution in [2.24, 2.45) is 0 Å². The second-order valence-corrected chi connectivity index (χ2v) is 3.09. The van der Waals surface area contributed by atoms with E-state index < -0.39 is 0 Å². The lowest BCUT2D eigenvalue weighted by atomic mass is 10.3. The van der Waals surface area contributed by atoms with Crippen molar-refractivity contribution in [2.45, 2.75) is 26.5 Å². The molecule has 13 heavy (non-hydrogen) atoms. The minimum absolute atomic E-state index is 0.292. The van der Waals surface area contributed by atoms with Crippen molar-refractivity contribution in [3.8, 4) is 0 Å². The molecule has 0 aliphatic heterocycles. The number of rotatable bonds is 6. The molecule has 74 valence electrons. The van der Waals surface area contributed by atoms with Gasteiger partial charge in [-0.2, -0.15) is 0 Å². The number of hydrogen-bond acceptors (Lipinski definition) is 2. The molecule has 3 nitrogen and oxygen atoms in total. The zero-order valence-corrected chi connectivity index (χ0v) is 8.34. The number of nitrogens with one attached hydrogen (secondary N) is 2. The van der Waals surface area contributed by atoms with Crippen LogP contribution in [0.4, 0.5) is 0 Å². The predicted molar refractivity (Wildman–Crippen MR) is 53.6 cm³/mol. The molecule has 0 saturated carbocycles. The number of ether oxygens (including phenoxy) is 1. The molecule has 0 saturated heterocycles. The standard InChI is InChI=1S/C10H18N2O/c1-3-13-9(2)7-11-8-10-5-4-6-12-10/h4-6,9,11-12H,3,7-8H2,1-2H3. The predicted octanol–water partition coefficient (Wildman–Crippen LogP) is 1.53. The van der Waals surface area contributed by atoms with Gasteiger partial charge in [0.05, 0.1) is 6.10 Å². The average molecular weight is 182 g/mol. The Morgan fingerprint density at radius 3 is 3.08 bits per heavy atom. The van der Waals surface area contributed by atoms with Crippen molar-refractivity contribution in [3.63, 3.8) is 0 Å². The minimum atomic E-state index is 0.292. The van der Waals surface area contributed by atoms with Crippen LogP contribution in [-0.2, 0) is 11.3 Å². The summed E-state index contributed by atoms with van der Waals surface area (Å²) in [5.41, 5.74) is 1.21. The zero-order chi connectivity index (χ0) is 9.52. The summed E-state index contributed by atoms with van der Waals surface area (Å²) in [4.78, 5) is 3.14. The Bertz CT molecular complexity index is 209. The maximum Gasteiger partial charge on any atom is 0.0671 e. The van der Waals surface area contributed by atoms with Crippen LogP contribution in [0.15, 0.2) is 18.3 Å². The van der Waals surface area contributed by atoms with Gasteiger partial charge >= 0.3 is 0 Å². The van der Waals surface area contributed by atoms with E-state index in [1.807, 2.05) is 19.2 Å². The van der Waals surface area contributed by atoms with Crippen LogP contribution in [-0.4, -0.2) is 24.2 Å². The van der Waals surface area contributed by atoms with Crippen LogP contribution in [0.25, 0.3) is 0 Å². The van der Waals surface area contributed by atoms with E-state index in [4.69, 9.17) is 4.74 Å². The molecule has 1 unspecified atom stereocenters. The lowest BCUT2D eigenvalue weighted by molar-refractivity contribution is 0.0759. The summed E-state index contributed by atoms with van der Waals surface area (Å²) in [6.45, 7) is 6.65. The molecule has 1 rings (SSSR count). The van der Waals surface area contributed by atoms with Crippen LogP contribution < -0.4 is 5.32 Å². The summed E-state index contributed by atoms with van der Waals surface area (Å²) in [6, 6.07) is 4.07. The smallest absolute Gasteiger partial charge is 0.0671 e. The fourth-order valence-corrected chi connectivity index (χ4v) is 1.23. The Kier molecular flexibility index (Phi) is 4.57. The molecule has 0 amide bonds. The molecule has 0 bridgehead atoms. The minimum Gasteiger partial charge on any atom is -0.377 e. The number of H-pyrrole nitrogens is 1. The average Bonchev–Trinajstić information content (AvgIpc) is 2.57. The lowest BCUT2D eigenvalue weighted by Crippen LogP contribution is -2.26. The molecular weight excluding hydrogens is 164 g/mol. The van der Waals surface area contributed by atoms with E-state index in [-0.39, 0.29) is 0 Å². The molecule has 3 heteroatoms. The van der Waals surface area contributed by atoms with Gasteiger partial charge in [0.25, 0.3) is 0 Å². The van der Waals surface area contributed by atoms with E-state index in [0.29, 0.717) is 6.10 Å². The quantitative estimate of drug-likeness (QED) is 0.700. The van der Waals surface area contributed by atoms with Gasteiger partial charge < -0.3 is 15.0 Å². The van der Waals surface area contributed by atoms with Crippen LogP contribution >= 0.6 is 0 Å². The first-order chi connectivity index (χ1) is 6.33. The molecular formula is C10H18N2O. The van der Waals surface area contributed by atoms with Gasteiger partial charge in [-0.25, -0.2) is 0 Å². The molecule has 0 radical (unpaired) electrons. The van der Waals surface area contributed by atoms with E-state index in [0.717, 1.165) is 19.7 Å². The Morgan fingerprint density at radius 1 is 1.62 bits per heavy atom. The van der Waals surface area contributed by atoms with Gasteiger partial charge in [0.1, 0.15) is 0 Å². The van der Waals surface area contributed by atoms with Gasteiger partial charge in [-0.1, -0.05) is 0 Å². The van der Waals surface area contributed by atoms with E-state index in [9.17, 15) is 0 Å². The highest BCUT2D eigenvalue weighted by atomic mass is 16.5. The number of aromatic nitrogens is 1. The lowest BCUT2D eigenvalue weighted by Gasteiger charge is -2.11. The van der Waals surface area contributed by atoms with Gasteiger partial charge in [-0.15, -0.1) is 0 Å². The van der Waals surface area contributed by atoms with E-state index in [1.165, 1.54) is 5.69 Å². The molecule has 1 aromatic heterocycles. The third kappa shape index (κ3) is 4.10. The van der Waals surface area contributed by atoms with Crippen LogP contribution in [0, 0.1) is 0 Å². The summed E-state index contributed by atoms with van der Waals surface area (Å²) in [5.74, 6) is 0. The summed E-state index contributed by atoms with van der Waals surface area (Å²) in [7, 11) is 0. The Hall–Kier alpha value is -0.800. The first kappa shape index (κ1) is 10.3. The van der Waals surface area contributed by atoms with Gasteiger partial charge in [0.2, 0.25) is 0 Å². The maximum atomic E-state index is 5.39. The third-order valence-corrected chi connectivity index (χ3v) is 1.86. The van der Waals surface area contributed by atoms with Crippen molar-refractivity contribution >= 4 is 0 Å². The molecule has 0 spiro atoms. The molecule has 1 aromatic rings. The summed E-state index contributed by atoms with van der Waals surface area (Å²) < 4.78 is 5.39. The Morgan fingerprint density at radius 2 is 2.46 bits per heavy atom. The first-order valence-corrected chi connectivity index (χ1v) is 4.77. The monoisotopic (exact) mass is 182 g/mol. The largest absolute Gasteiger partial charge is 0.377 e. The van der Waals surface area contributed by atoms with Gasteiger partial charge in [-0.3, -0.25) is 0 Å². The third-order valence-electron chi connectivity index (χ3n) is 1.86. The Balaban J connectivity index is 2.07. The number of aromatic amines is 1. The first-order valence-electron chi connectivity index (χ1n) is 4.77. The SMILES string of the molecule is CCOC(C)CNCc1ccc[nH]1. The highest BCUT2D eigenvalue weighted by Crippen LogP contribution is 1.94. The van der Waals surface area contributed by atoms with Gasteiger partial charge in [0, 0.05) is 31.6 Å². The molecule has 0 aliphatic carbocycles. The van der Waals surface area contributed by atoms with Crippen LogP contribution in [0.3, 0.4) is 0 Å². The van der Waals surface area contributed by atoms with Crippen LogP contribution in [0.1, 0.15) is 19.5 Å². The van der Waals surface area contributed by atoms with Gasteiger partial charge in [0.15, 0.2) is 0 Å². The van der Waals surface area contributed by atoms with Crippen molar-refractivity contribution in [1.82, 2.24) is 10.3 Å². The molecule has 0 aliphatic rings. The zero-order valence-electron chi connectivity index (χ0n) is 8.34. The van der Waals surface area contributed by atoms with E-state index in [1.54, 1.807) is 0 Å². The second-order valence-electron chi connectivity index (χ2n) is 3.09. The molecule has 1 heterocycles. The van der Waals surface area contributed by atoms with Crippen LogP contribution in [0.5, 0.6) is 0 Å². The number of hydrogen-bond donors (Lipinski definition) is 2. The van der Waals surface area contributed by atoms with Crippen molar-refractivity contribution in [1.29, 1.82) is 0 Å². The molecule has 0 aromatic carbocycles. The fraction of sp³-hybridized carbons (Fsp3) is 0.600. The van der Waals surface area contributed by atoms with Crippen molar-refractivity contribution < 1.29 is 4.74 Å². The Labute approximate surface area is 79.5 Å². The summed E-state index contributed by atoms with van der Waals surface area (Å²) in [6.07, 6.45) is 2.23. The summed E-state index contributed by atoms with van der Waals surface area (Å²) >= 11 is 0.